The van der Waals surface area contributed by atoms with Crippen LogP contribution in [-0.4, -0.2) is 50.9 Å². The molecule has 2 saturated heterocycles. The van der Waals surface area contributed by atoms with Crippen LogP contribution in [0.25, 0.3) is 0 Å². The lowest BCUT2D eigenvalue weighted by atomic mass is 9.93. The zero-order valence-corrected chi connectivity index (χ0v) is 17.9. The van der Waals surface area contributed by atoms with Gasteiger partial charge in [-0.05, 0) is 56.7 Å². The monoisotopic (exact) mass is 429 g/mol. The number of rotatable bonds is 7. The lowest BCUT2D eigenvalue weighted by Crippen LogP contribution is -2.46. The molecule has 1 aromatic rings. The van der Waals surface area contributed by atoms with Crippen LogP contribution >= 0.6 is 12.4 Å². The smallest absolute Gasteiger partial charge is 0.220 e. The van der Waals surface area contributed by atoms with E-state index in [1.54, 1.807) is 4.31 Å². The van der Waals surface area contributed by atoms with E-state index in [0.29, 0.717) is 38.3 Å². The largest absolute Gasteiger partial charge is 0.353 e. The van der Waals surface area contributed by atoms with Crippen molar-refractivity contribution in [3.05, 3.63) is 35.9 Å². The summed E-state index contributed by atoms with van der Waals surface area (Å²) in [6, 6.07) is 9.37. The van der Waals surface area contributed by atoms with E-state index in [2.05, 4.69) is 10.6 Å². The lowest BCUT2D eigenvalue weighted by molar-refractivity contribution is -0.122. The molecule has 8 heteroatoms. The van der Waals surface area contributed by atoms with Crippen molar-refractivity contribution in [3.8, 4) is 0 Å². The number of hydrogen-bond acceptors (Lipinski definition) is 4. The Balaban J connectivity index is 0.00000280. The van der Waals surface area contributed by atoms with E-state index in [9.17, 15) is 13.2 Å². The Bertz CT molecular complexity index is 701. The number of nitrogens with zero attached hydrogens (tertiary/aromatic N) is 1. The van der Waals surface area contributed by atoms with Gasteiger partial charge in [-0.25, -0.2) is 12.7 Å². The first-order valence-electron chi connectivity index (χ1n) is 10.0. The Labute approximate surface area is 174 Å². The second kappa shape index (κ2) is 11.1. The summed E-state index contributed by atoms with van der Waals surface area (Å²) in [6.07, 6.45) is 5.23. The number of halogens is 1. The molecule has 0 bridgehead atoms. The maximum absolute atomic E-state index is 12.6. The number of amides is 1. The number of nitrogens with one attached hydrogen (secondary N) is 2. The number of carbonyl (C=O) groups is 1. The van der Waals surface area contributed by atoms with Gasteiger partial charge in [-0.15, -0.1) is 12.4 Å². The molecule has 3 rings (SSSR count). The van der Waals surface area contributed by atoms with Crippen molar-refractivity contribution >= 4 is 28.3 Å². The van der Waals surface area contributed by atoms with Gasteiger partial charge in [-0.1, -0.05) is 30.3 Å². The summed E-state index contributed by atoms with van der Waals surface area (Å²) in [7, 11) is -3.30. The van der Waals surface area contributed by atoms with Crippen LogP contribution < -0.4 is 10.6 Å². The topological polar surface area (TPSA) is 78.5 Å². The second-order valence-electron chi connectivity index (χ2n) is 7.71. The second-order valence-corrected chi connectivity index (χ2v) is 9.68. The fourth-order valence-corrected chi connectivity index (χ4v) is 5.52. The van der Waals surface area contributed by atoms with E-state index >= 15 is 0 Å². The van der Waals surface area contributed by atoms with E-state index in [1.165, 1.54) is 0 Å². The molecule has 2 heterocycles. The first kappa shape index (κ1) is 23.1. The van der Waals surface area contributed by atoms with Gasteiger partial charge in [0.1, 0.15) is 0 Å². The molecule has 2 N–H and O–H groups in total. The van der Waals surface area contributed by atoms with Crippen LogP contribution in [0.5, 0.6) is 0 Å². The minimum Gasteiger partial charge on any atom is -0.353 e. The maximum Gasteiger partial charge on any atom is 0.220 e. The van der Waals surface area contributed by atoms with Crippen molar-refractivity contribution in [3.63, 3.8) is 0 Å². The first-order valence-corrected chi connectivity index (χ1v) is 11.7. The first-order chi connectivity index (χ1) is 13.0. The molecule has 1 aromatic carbocycles. The predicted molar refractivity (Wildman–Crippen MR) is 114 cm³/mol. The van der Waals surface area contributed by atoms with Gasteiger partial charge < -0.3 is 10.6 Å². The van der Waals surface area contributed by atoms with Crippen LogP contribution in [0, 0.1) is 5.92 Å². The van der Waals surface area contributed by atoms with Crippen molar-refractivity contribution in [2.75, 3.05) is 26.2 Å². The Morgan fingerprint density at radius 2 is 1.71 bits per heavy atom. The molecule has 2 aliphatic rings. The van der Waals surface area contributed by atoms with Gasteiger partial charge in [0, 0.05) is 25.6 Å². The molecule has 0 atom stereocenters. The van der Waals surface area contributed by atoms with E-state index in [-0.39, 0.29) is 30.1 Å². The quantitative estimate of drug-likeness (QED) is 0.697. The highest BCUT2D eigenvalue weighted by molar-refractivity contribution is 7.88. The Morgan fingerprint density at radius 1 is 1.07 bits per heavy atom. The third-order valence-electron chi connectivity index (χ3n) is 5.64. The normalized spacial score (nSPS) is 19.7. The van der Waals surface area contributed by atoms with Gasteiger partial charge in [-0.2, -0.15) is 0 Å². The molecule has 0 radical (unpaired) electrons. The third-order valence-corrected chi connectivity index (χ3v) is 7.49. The van der Waals surface area contributed by atoms with E-state index < -0.39 is 10.0 Å². The molecule has 0 saturated carbocycles. The number of sulfonamides is 1. The van der Waals surface area contributed by atoms with Crippen molar-refractivity contribution in [2.24, 2.45) is 5.92 Å². The van der Waals surface area contributed by atoms with E-state index in [4.69, 9.17) is 0 Å². The molecule has 28 heavy (non-hydrogen) atoms. The van der Waals surface area contributed by atoms with Gasteiger partial charge in [0.2, 0.25) is 15.9 Å². The van der Waals surface area contributed by atoms with Gasteiger partial charge in [-0.3, -0.25) is 4.79 Å². The molecule has 2 aliphatic heterocycles. The van der Waals surface area contributed by atoms with Gasteiger partial charge in [0.25, 0.3) is 0 Å². The zero-order valence-electron chi connectivity index (χ0n) is 16.3. The van der Waals surface area contributed by atoms with Crippen LogP contribution in [0.4, 0.5) is 0 Å². The minimum atomic E-state index is -3.30. The Hall–Kier alpha value is -1.15. The van der Waals surface area contributed by atoms with Crippen LogP contribution in [0.3, 0.4) is 0 Å². The highest BCUT2D eigenvalue weighted by Gasteiger charge is 2.28. The molecular formula is C20H32ClN3O3S. The van der Waals surface area contributed by atoms with Gasteiger partial charge in [0.15, 0.2) is 0 Å². The molecule has 0 spiro atoms. The average molecular weight is 430 g/mol. The predicted octanol–water partition coefficient (Wildman–Crippen LogP) is 2.30. The molecule has 158 valence electrons. The fraction of sp³-hybridized carbons (Fsp3) is 0.650. The summed E-state index contributed by atoms with van der Waals surface area (Å²) >= 11 is 0. The molecule has 2 fully saturated rings. The number of hydrogen-bond donors (Lipinski definition) is 2. The van der Waals surface area contributed by atoms with Crippen LogP contribution in [0.2, 0.25) is 0 Å². The highest BCUT2D eigenvalue weighted by Crippen LogP contribution is 2.20. The minimum absolute atomic E-state index is 0. The van der Waals surface area contributed by atoms with Crippen molar-refractivity contribution < 1.29 is 13.2 Å². The molecule has 0 aromatic heterocycles. The summed E-state index contributed by atoms with van der Waals surface area (Å²) in [5.74, 6) is 0.808. The van der Waals surface area contributed by atoms with E-state index in [1.807, 2.05) is 30.3 Å². The van der Waals surface area contributed by atoms with Crippen molar-refractivity contribution in [1.82, 2.24) is 14.9 Å². The summed E-state index contributed by atoms with van der Waals surface area (Å²) < 4.78 is 26.8. The Morgan fingerprint density at radius 3 is 2.36 bits per heavy atom. The lowest BCUT2D eigenvalue weighted by Gasteiger charge is -2.32. The summed E-state index contributed by atoms with van der Waals surface area (Å²) in [6.45, 7) is 3.08. The van der Waals surface area contributed by atoms with Crippen molar-refractivity contribution in [2.45, 2.75) is 50.3 Å². The summed E-state index contributed by atoms with van der Waals surface area (Å²) in [5.41, 5.74) is 0.811. The van der Waals surface area contributed by atoms with Crippen LogP contribution in [0.15, 0.2) is 30.3 Å². The SMILES string of the molecule is Cl.O=C(CCC1CCNCC1)NC1CCN(S(=O)(=O)Cc2ccccc2)CC1. The molecule has 1 amide bonds. The fourth-order valence-electron chi connectivity index (χ4n) is 3.96. The maximum atomic E-state index is 12.6. The third kappa shape index (κ3) is 7.03. The average Bonchev–Trinajstić information content (AvgIpc) is 2.68. The number of benzene rings is 1. The molecular weight excluding hydrogens is 398 g/mol. The van der Waals surface area contributed by atoms with Crippen molar-refractivity contribution in [1.29, 1.82) is 0 Å². The van der Waals surface area contributed by atoms with E-state index in [0.717, 1.165) is 37.9 Å². The summed E-state index contributed by atoms with van der Waals surface area (Å²) in [4.78, 5) is 12.2. The molecule has 0 unspecified atom stereocenters. The van der Waals surface area contributed by atoms with Gasteiger partial charge in [0.05, 0.1) is 5.75 Å². The van der Waals surface area contributed by atoms with Crippen LogP contribution in [-0.2, 0) is 20.6 Å². The summed E-state index contributed by atoms with van der Waals surface area (Å²) in [5, 5.41) is 6.45. The zero-order chi connectivity index (χ0) is 19.1. The molecule has 6 nitrogen and oxygen atoms in total. The number of carbonyl (C=O) groups excluding carboxylic acids is 1. The van der Waals surface area contributed by atoms with Gasteiger partial charge >= 0.3 is 0 Å². The standard InChI is InChI=1S/C20H31N3O3S.ClH/c24-20(7-6-17-8-12-21-13-9-17)22-19-10-14-23(15-11-19)27(25,26)16-18-4-2-1-3-5-18;/h1-5,17,19,21H,6-16H2,(H,22,24);1H. The highest BCUT2D eigenvalue weighted by atomic mass is 35.5. The Kier molecular flexibility index (Phi) is 9.21. The number of piperidine rings is 2. The van der Waals surface area contributed by atoms with Crippen LogP contribution in [0.1, 0.15) is 44.1 Å². The molecule has 0 aliphatic carbocycles.